The average Bonchev–Trinajstić information content (AvgIpc) is 2.39. The number of thioether (sulfide) groups is 1. The minimum atomic E-state index is -4.27. The van der Waals surface area contributed by atoms with Crippen molar-refractivity contribution in [1.82, 2.24) is 0 Å². The summed E-state index contributed by atoms with van der Waals surface area (Å²) in [5.41, 5.74) is -0.573. The first-order chi connectivity index (χ1) is 10.9. The third-order valence-electron chi connectivity index (χ3n) is 5.44. The zero-order valence-electron chi connectivity index (χ0n) is 14.8. The van der Waals surface area contributed by atoms with Crippen LogP contribution >= 0.6 is 11.8 Å². The van der Waals surface area contributed by atoms with Gasteiger partial charge in [0, 0.05) is 10.6 Å². The largest absolute Gasteiger partial charge is 0.432 e. The molecule has 0 aromatic heterocycles. The van der Waals surface area contributed by atoms with E-state index in [1.165, 1.54) is 23.9 Å². The number of halogens is 3. The van der Waals surface area contributed by atoms with Crippen molar-refractivity contribution >= 4 is 20.1 Å². The Morgan fingerprint density at radius 1 is 1.17 bits per heavy atom. The first-order valence-corrected chi connectivity index (χ1v) is 12.3. The van der Waals surface area contributed by atoms with Gasteiger partial charge in [-0.1, -0.05) is 19.9 Å². The van der Waals surface area contributed by atoms with E-state index in [-0.39, 0.29) is 5.04 Å². The summed E-state index contributed by atoms with van der Waals surface area (Å²) < 4.78 is 38.2. The summed E-state index contributed by atoms with van der Waals surface area (Å²) in [4.78, 5) is 11.1. The molecule has 1 aliphatic rings. The zero-order chi connectivity index (χ0) is 18.2. The van der Waals surface area contributed by atoms with E-state index in [9.17, 15) is 18.0 Å². The van der Waals surface area contributed by atoms with Crippen LogP contribution < -0.4 is 0 Å². The second-order valence-electron chi connectivity index (χ2n) is 8.19. The molecule has 1 fully saturated rings. The second-order valence-corrected chi connectivity index (χ2v) is 13.8. The summed E-state index contributed by atoms with van der Waals surface area (Å²) in [6.07, 6.45) is -0.974. The highest BCUT2D eigenvalue weighted by Gasteiger charge is 2.42. The molecule has 1 aromatic rings. The van der Waals surface area contributed by atoms with E-state index in [4.69, 9.17) is 0 Å². The van der Waals surface area contributed by atoms with Crippen molar-refractivity contribution in [2.24, 2.45) is 11.8 Å². The predicted molar refractivity (Wildman–Crippen MR) is 96.7 cm³/mol. The third-order valence-corrected chi connectivity index (χ3v) is 10.2. The molecule has 0 bridgehead atoms. The van der Waals surface area contributed by atoms with E-state index in [0.29, 0.717) is 16.7 Å². The lowest BCUT2D eigenvalue weighted by molar-refractivity contribution is -0.137. The topological polar surface area (TPSA) is 20.2 Å². The van der Waals surface area contributed by atoms with Gasteiger partial charge in [-0.15, -0.1) is 11.8 Å². The van der Waals surface area contributed by atoms with Crippen LogP contribution in [0, 0.1) is 11.8 Å². The fourth-order valence-corrected chi connectivity index (χ4v) is 5.00. The number of rotatable bonds is 6. The van der Waals surface area contributed by atoms with Crippen LogP contribution in [0.5, 0.6) is 0 Å². The smallest absolute Gasteiger partial charge is 0.416 e. The number of benzene rings is 1. The molecule has 1 aliphatic carbocycles. The highest BCUT2D eigenvalue weighted by molar-refractivity contribution is 7.99. The lowest BCUT2D eigenvalue weighted by Crippen LogP contribution is -2.42. The quantitative estimate of drug-likeness (QED) is 0.472. The van der Waals surface area contributed by atoms with Crippen molar-refractivity contribution in [3.8, 4) is 0 Å². The van der Waals surface area contributed by atoms with E-state index >= 15 is 0 Å². The molecule has 1 N–H and O–H groups in total. The molecule has 0 unspecified atom stereocenters. The summed E-state index contributed by atoms with van der Waals surface area (Å²) in [5.74, 6) is 2.10. The van der Waals surface area contributed by atoms with Crippen LogP contribution in [0.15, 0.2) is 29.2 Å². The standard InChI is InChI=1S/C18H27F3OSSi/c1-17(2,24(3,4)22)11-13-8-14(9-13)12-23-16-7-5-6-15(10-16)18(19,20)21/h5-7,10,13-14,22H,8-9,11-12H2,1-4H3. The molecule has 136 valence electrons. The second kappa shape index (κ2) is 7.04. The van der Waals surface area contributed by atoms with Gasteiger partial charge in [0.1, 0.15) is 0 Å². The molecule has 0 amide bonds. The molecule has 0 radical (unpaired) electrons. The van der Waals surface area contributed by atoms with Crippen molar-refractivity contribution in [3.63, 3.8) is 0 Å². The summed E-state index contributed by atoms with van der Waals surface area (Å²) in [7, 11) is -2.16. The highest BCUT2D eigenvalue weighted by Crippen LogP contribution is 2.49. The molecule has 0 atom stereocenters. The number of hydrogen-bond donors (Lipinski definition) is 1. The molecule has 0 aliphatic heterocycles. The van der Waals surface area contributed by atoms with E-state index in [1.54, 1.807) is 6.07 Å². The summed E-state index contributed by atoms with van der Waals surface area (Å²) in [6, 6.07) is 5.58. The molecular weight excluding hydrogens is 349 g/mol. The van der Waals surface area contributed by atoms with Gasteiger partial charge >= 0.3 is 6.18 Å². The van der Waals surface area contributed by atoms with E-state index in [2.05, 4.69) is 13.8 Å². The van der Waals surface area contributed by atoms with Gasteiger partial charge in [-0.2, -0.15) is 13.2 Å². The molecule has 24 heavy (non-hydrogen) atoms. The fourth-order valence-electron chi connectivity index (χ4n) is 3.12. The first-order valence-electron chi connectivity index (χ1n) is 8.41. The summed E-state index contributed by atoms with van der Waals surface area (Å²) in [5, 5.41) is 0.0107. The Bertz CT molecular complexity index is 560. The monoisotopic (exact) mass is 376 g/mol. The number of alkyl halides is 3. The Labute approximate surface area is 148 Å². The van der Waals surface area contributed by atoms with Crippen molar-refractivity contribution in [1.29, 1.82) is 0 Å². The van der Waals surface area contributed by atoms with Gasteiger partial charge in [-0.25, -0.2) is 0 Å². The van der Waals surface area contributed by atoms with E-state index in [0.717, 1.165) is 31.1 Å². The minimum Gasteiger partial charge on any atom is -0.432 e. The molecular formula is C18H27F3OSSi. The molecule has 1 saturated carbocycles. The SMILES string of the molecule is CC(C)(CC1CC(CSc2cccc(C(F)(F)F)c2)C1)[Si](C)(C)O. The van der Waals surface area contributed by atoms with Gasteiger partial charge in [-0.05, 0) is 67.4 Å². The predicted octanol–water partition coefficient (Wildman–Crippen LogP) is 6.19. The molecule has 0 spiro atoms. The van der Waals surface area contributed by atoms with Gasteiger partial charge in [0.25, 0.3) is 0 Å². The fraction of sp³-hybridized carbons (Fsp3) is 0.667. The van der Waals surface area contributed by atoms with Crippen molar-refractivity contribution in [2.75, 3.05) is 5.75 Å². The Balaban J connectivity index is 1.79. The van der Waals surface area contributed by atoms with Crippen LogP contribution in [0.1, 0.15) is 38.7 Å². The number of hydrogen-bond acceptors (Lipinski definition) is 2. The Morgan fingerprint density at radius 2 is 1.79 bits per heavy atom. The Morgan fingerprint density at radius 3 is 2.33 bits per heavy atom. The van der Waals surface area contributed by atoms with Crippen LogP contribution in [0.3, 0.4) is 0 Å². The molecule has 0 heterocycles. The first kappa shape index (κ1) is 19.9. The lowest BCUT2D eigenvalue weighted by Gasteiger charge is -2.43. The minimum absolute atomic E-state index is 0.0107. The average molecular weight is 377 g/mol. The van der Waals surface area contributed by atoms with Crippen LogP contribution in [0.25, 0.3) is 0 Å². The van der Waals surface area contributed by atoms with Crippen molar-refractivity contribution < 1.29 is 18.0 Å². The zero-order valence-corrected chi connectivity index (χ0v) is 16.6. The Hall–Kier alpha value is -0.463. The van der Waals surface area contributed by atoms with Gasteiger partial charge in [0.05, 0.1) is 5.56 Å². The third kappa shape index (κ3) is 5.02. The summed E-state index contributed by atoms with van der Waals surface area (Å²) in [6.45, 7) is 8.30. The van der Waals surface area contributed by atoms with E-state index in [1.807, 2.05) is 13.1 Å². The molecule has 2 rings (SSSR count). The molecule has 6 heteroatoms. The van der Waals surface area contributed by atoms with Gasteiger partial charge < -0.3 is 4.80 Å². The highest BCUT2D eigenvalue weighted by atomic mass is 32.2. The van der Waals surface area contributed by atoms with Crippen molar-refractivity contribution in [2.45, 2.75) is 62.3 Å². The van der Waals surface area contributed by atoms with Gasteiger partial charge in [0.15, 0.2) is 8.32 Å². The van der Waals surface area contributed by atoms with Crippen LogP contribution in [0.4, 0.5) is 13.2 Å². The molecule has 0 saturated heterocycles. The van der Waals surface area contributed by atoms with Crippen LogP contribution in [-0.2, 0) is 6.18 Å². The maximum atomic E-state index is 12.7. The molecule has 1 nitrogen and oxygen atoms in total. The normalized spacial score (nSPS) is 22.3. The van der Waals surface area contributed by atoms with Crippen LogP contribution in [0.2, 0.25) is 18.1 Å². The maximum absolute atomic E-state index is 12.7. The van der Waals surface area contributed by atoms with Gasteiger partial charge in [0.2, 0.25) is 0 Å². The maximum Gasteiger partial charge on any atom is 0.416 e. The van der Waals surface area contributed by atoms with Crippen LogP contribution in [-0.4, -0.2) is 18.9 Å². The van der Waals surface area contributed by atoms with Crippen molar-refractivity contribution in [3.05, 3.63) is 29.8 Å². The Kier molecular flexibility index (Phi) is 5.82. The van der Waals surface area contributed by atoms with E-state index < -0.39 is 20.1 Å². The lowest BCUT2D eigenvalue weighted by atomic mass is 9.72. The molecule has 1 aromatic carbocycles. The van der Waals surface area contributed by atoms with Gasteiger partial charge in [-0.3, -0.25) is 0 Å². The summed E-state index contributed by atoms with van der Waals surface area (Å²) >= 11 is 1.52.